The van der Waals surface area contributed by atoms with E-state index in [4.69, 9.17) is 0 Å². The molecule has 0 fully saturated rings. The summed E-state index contributed by atoms with van der Waals surface area (Å²) in [4.78, 5) is 30.3. The van der Waals surface area contributed by atoms with Crippen LogP contribution in [0.4, 0.5) is 5.82 Å². The van der Waals surface area contributed by atoms with Gasteiger partial charge in [0.15, 0.2) is 5.78 Å². The van der Waals surface area contributed by atoms with E-state index in [0.717, 1.165) is 40.9 Å². The van der Waals surface area contributed by atoms with E-state index in [2.05, 4.69) is 15.6 Å². The Morgan fingerprint density at radius 1 is 1.11 bits per heavy atom. The summed E-state index contributed by atoms with van der Waals surface area (Å²) in [6.07, 6.45) is 3.83. The van der Waals surface area contributed by atoms with Gasteiger partial charge in [-0.3, -0.25) is 9.59 Å². The number of nitrogens with one attached hydrogen (secondary N) is 2. The van der Waals surface area contributed by atoms with Crippen LogP contribution in [-0.2, 0) is 9.59 Å². The van der Waals surface area contributed by atoms with Gasteiger partial charge in [0.1, 0.15) is 5.82 Å². The highest BCUT2D eigenvalue weighted by molar-refractivity contribution is 6.09. The van der Waals surface area contributed by atoms with Crippen LogP contribution >= 0.6 is 0 Å². The minimum Gasteiger partial charge on any atom is -0.362 e. The van der Waals surface area contributed by atoms with Crippen LogP contribution in [0.15, 0.2) is 71.2 Å². The number of hydrogen-bond acceptors (Lipinski definition) is 4. The maximum atomic E-state index is 13.2. The highest BCUT2D eigenvalue weighted by Crippen LogP contribution is 2.42. The molecule has 4 rings (SSSR count). The first-order valence-corrected chi connectivity index (χ1v) is 9.57. The van der Waals surface area contributed by atoms with Crippen LogP contribution in [0.1, 0.15) is 43.2 Å². The second-order valence-corrected chi connectivity index (χ2v) is 7.35. The van der Waals surface area contributed by atoms with Crippen molar-refractivity contribution < 1.29 is 9.59 Å². The molecule has 5 heteroatoms. The number of allylic oxidation sites excluding steroid dienone is 3. The van der Waals surface area contributed by atoms with Gasteiger partial charge >= 0.3 is 0 Å². The number of benzene rings is 1. The number of aryl methyl sites for hydroxylation is 1. The van der Waals surface area contributed by atoms with Crippen molar-refractivity contribution in [2.75, 3.05) is 5.32 Å². The predicted molar refractivity (Wildman–Crippen MR) is 109 cm³/mol. The summed E-state index contributed by atoms with van der Waals surface area (Å²) in [7, 11) is 0. The zero-order valence-corrected chi connectivity index (χ0v) is 16.1. The van der Waals surface area contributed by atoms with Gasteiger partial charge in [0.05, 0.1) is 0 Å². The molecule has 142 valence electrons. The van der Waals surface area contributed by atoms with Gasteiger partial charge in [0, 0.05) is 41.1 Å². The Morgan fingerprint density at radius 3 is 2.61 bits per heavy atom. The molecule has 2 N–H and O–H groups in total. The number of Topliss-reactive ketones (excluding diaryl/α,β-unsaturated/α-hetero) is 1. The van der Waals surface area contributed by atoms with Gasteiger partial charge in [-0.05, 0) is 44.4 Å². The van der Waals surface area contributed by atoms with Crippen LogP contribution in [0, 0.1) is 6.92 Å². The van der Waals surface area contributed by atoms with E-state index in [0.29, 0.717) is 17.8 Å². The zero-order valence-electron chi connectivity index (χ0n) is 16.1. The van der Waals surface area contributed by atoms with Crippen LogP contribution < -0.4 is 10.6 Å². The number of nitrogens with zero attached hydrogens (tertiary/aromatic N) is 1. The Hall–Kier alpha value is -3.21. The van der Waals surface area contributed by atoms with Gasteiger partial charge in [0.2, 0.25) is 0 Å². The molecule has 2 heterocycles. The third-order valence-electron chi connectivity index (χ3n) is 5.34. The lowest BCUT2D eigenvalue weighted by atomic mass is 9.75. The Bertz CT molecular complexity index is 988. The molecule has 2 aromatic rings. The van der Waals surface area contributed by atoms with E-state index >= 15 is 0 Å². The van der Waals surface area contributed by atoms with E-state index in [1.54, 1.807) is 18.3 Å². The van der Waals surface area contributed by atoms with Gasteiger partial charge < -0.3 is 10.6 Å². The van der Waals surface area contributed by atoms with Gasteiger partial charge in [-0.15, -0.1) is 0 Å². The summed E-state index contributed by atoms with van der Waals surface area (Å²) < 4.78 is 0. The van der Waals surface area contributed by atoms with Crippen LogP contribution in [0.3, 0.4) is 0 Å². The SMILES string of the molecule is CC1=C(C(=O)Nc2ccccn2)[C@H](c2ccc(C)cc2)C2=C(CCCC2=O)N1. The Morgan fingerprint density at radius 2 is 1.89 bits per heavy atom. The molecule has 1 aromatic heterocycles. The van der Waals surface area contributed by atoms with E-state index in [1.807, 2.05) is 44.2 Å². The first-order chi connectivity index (χ1) is 13.5. The highest BCUT2D eigenvalue weighted by atomic mass is 16.2. The van der Waals surface area contributed by atoms with E-state index in [9.17, 15) is 9.59 Å². The molecule has 2 aliphatic rings. The van der Waals surface area contributed by atoms with Crippen molar-refractivity contribution in [2.45, 2.75) is 39.0 Å². The predicted octanol–water partition coefficient (Wildman–Crippen LogP) is 4.00. The summed E-state index contributed by atoms with van der Waals surface area (Å²) >= 11 is 0. The number of pyridine rings is 1. The minimum absolute atomic E-state index is 0.120. The van der Waals surface area contributed by atoms with Crippen molar-refractivity contribution in [3.63, 3.8) is 0 Å². The molecule has 0 saturated carbocycles. The van der Waals surface area contributed by atoms with E-state index in [1.165, 1.54) is 0 Å². The Labute approximate surface area is 164 Å². The smallest absolute Gasteiger partial charge is 0.255 e. The van der Waals surface area contributed by atoms with E-state index < -0.39 is 0 Å². The maximum absolute atomic E-state index is 13.2. The van der Waals surface area contributed by atoms with Crippen molar-refractivity contribution in [3.05, 3.63) is 82.3 Å². The molecule has 1 aliphatic carbocycles. The highest BCUT2D eigenvalue weighted by Gasteiger charge is 2.38. The van der Waals surface area contributed by atoms with Crippen molar-refractivity contribution in [2.24, 2.45) is 0 Å². The average Bonchev–Trinajstić information content (AvgIpc) is 2.68. The maximum Gasteiger partial charge on any atom is 0.255 e. The molecular formula is C23H23N3O2. The van der Waals surface area contributed by atoms with Gasteiger partial charge in [-0.2, -0.15) is 0 Å². The lowest BCUT2D eigenvalue weighted by Gasteiger charge is -2.34. The van der Waals surface area contributed by atoms with Gasteiger partial charge in [-0.1, -0.05) is 35.9 Å². The number of hydrogen-bond donors (Lipinski definition) is 2. The van der Waals surface area contributed by atoms with Crippen LogP contribution in [-0.4, -0.2) is 16.7 Å². The molecule has 0 unspecified atom stereocenters. The second kappa shape index (κ2) is 7.43. The number of anilines is 1. The van der Waals surface area contributed by atoms with Crippen LogP contribution in [0.2, 0.25) is 0 Å². The Balaban J connectivity index is 1.79. The van der Waals surface area contributed by atoms with E-state index in [-0.39, 0.29) is 17.6 Å². The fourth-order valence-electron chi connectivity index (χ4n) is 4.00. The summed E-state index contributed by atoms with van der Waals surface area (Å²) in [6.45, 7) is 3.93. The number of carbonyl (C=O) groups is 2. The number of aromatic nitrogens is 1. The summed E-state index contributed by atoms with van der Waals surface area (Å²) in [5, 5.41) is 6.22. The first kappa shape index (κ1) is 18.2. The Kier molecular flexibility index (Phi) is 4.82. The molecule has 0 saturated heterocycles. The van der Waals surface area contributed by atoms with Crippen molar-refractivity contribution in [1.29, 1.82) is 0 Å². The number of rotatable bonds is 3. The summed E-state index contributed by atoms with van der Waals surface area (Å²) in [5.41, 5.74) is 5.14. The zero-order chi connectivity index (χ0) is 19.7. The fourth-order valence-corrected chi connectivity index (χ4v) is 4.00. The molecule has 5 nitrogen and oxygen atoms in total. The molecule has 0 radical (unpaired) electrons. The third-order valence-corrected chi connectivity index (χ3v) is 5.34. The minimum atomic E-state index is -0.367. The topological polar surface area (TPSA) is 71.1 Å². The monoisotopic (exact) mass is 373 g/mol. The first-order valence-electron chi connectivity index (χ1n) is 9.57. The molecule has 1 aromatic carbocycles. The second-order valence-electron chi connectivity index (χ2n) is 7.35. The standard InChI is InChI=1S/C23H23N3O2/c1-14-9-11-16(12-10-14)21-20(23(28)26-19-8-3-4-13-24-19)15(2)25-17-6-5-7-18(27)22(17)21/h3-4,8-13,21,25H,5-7H2,1-2H3,(H,24,26,28)/t21-/m0/s1. The average molecular weight is 373 g/mol. The third kappa shape index (κ3) is 3.36. The number of amides is 1. The van der Waals surface area contributed by atoms with Crippen LogP contribution in [0.5, 0.6) is 0 Å². The number of dihydropyridines is 1. The molecule has 1 amide bonds. The molecule has 1 aliphatic heterocycles. The fraction of sp³-hybridized carbons (Fsp3) is 0.261. The van der Waals surface area contributed by atoms with Gasteiger partial charge in [0.25, 0.3) is 5.91 Å². The lowest BCUT2D eigenvalue weighted by molar-refractivity contribution is -0.116. The summed E-state index contributed by atoms with van der Waals surface area (Å²) in [6, 6.07) is 13.4. The van der Waals surface area contributed by atoms with Crippen LogP contribution in [0.25, 0.3) is 0 Å². The molecule has 0 bridgehead atoms. The molecular weight excluding hydrogens is 350 g/mol. The largest absolute Gasteiger partial charge is 0.362 e. The van der Waals surface area contributed by atoms with Crippen molar-refractivity contribution in [1.82, 2.24) is 10.3 Å². The van der Waals surface area contributed by atoms with Crippen molar-refractivity contribution in [3.8, 4) is 0 Å². The lowest BCUT2D eigenvalue weighted by Crippen LogP contribution is -2.35. The summed E-state index contributed by atoms with van der Waals surface area (Å²) in [5.74, 6) is 0.00715. The number of carbonyl (C=O) groups excluding carboxylic acids is 2. The normalized spacial score (nSPS) is 19.2. The quantitative estimate of drug-likeness (QED) is 0.853. The molecule has 1 atom stereocenters. The van der Waals surface area contributed by atoms with Gasteiger partial charge in [-0.25, -0.2) is 4.98 Å². The molecule has 28 heavy (non-hydrogen) atoms. The van der Waals surface area contributed by atoms with Crippen molar-refractivity contribution >= 4 is 17.5 Å². The molecule has 0 spiro atoms. The number of ketones is 1.